The molecule has 1 aliphatic rings. The number of para-hydroxylation sites is 1. The summed E-state index contributed by atoms with van der Waals surface area (Å²) in [6.07, 6.45) is -0.383. The average Bonchev–Trinajstić information content (AvgIpc) is 3.09. The van der Waals surface area contributed by atoms with Gasteiger partial charge in [0.2, 0.25) is 5.91 Å². The molecule has 22 heavy (non-hydrogen) atoms. The van der Waals surface area contributed by atoms with Gasteiger partial charge in [0.25, 0.3) is 0 Å². The smallest absolute Gasteiger partial charge is 0.230 e. The number of amides is 1. The second-order valence-electron chi connectivity index (χ2n) is 5.64. The molecule has 3 unspecified atom stereocenters. The lowest BCUT2D eigenvalue weighted by Crippen LogP contribution is -2.36. The fourth-order valence-corrected chi connectivity index (χ4v) is 2.66. The number of carbonyl (C=O) groups excluding carboxylic acids is 1. The number of nitrogens with one attached hydrogen (secondary N) is 2. The normalized spacial score (nSPS) is 22.3. The first kappa shape index (κ1) is 16.8. The van der Waals surface area contributed by atoms with Gasteiger partial charge in [0.1, 0.15) is 11.3 Å². The Morgan fingerprint density at radius 1 is 1.45 bits per heavy atom. The molecule has 1 fully saturated rings. The van der Waals surface area contributed by atoms with Gasteiger partial charge in [-0.25, -0.2) is 0 Å². The molecular weight excluding hydrogens is 304 g/mol. The van der Waals surface area contributed by atoms with E-state index in [1.165, 1.54) is 0 Å². The minimum atomic E-state index is -0.383. The van der Waals surface area contributed by atoms with E-state index in [0.717, 1.165) is 17.5 Å². The summed E-state index contributed by atoms with van der Waals surface area (Å²) >= 11 is 0. The average molecular weight is 325 g/mol. The third kappa shape index (κ3) is 3.43. The van der Waals surface area contributed by atoms with Crippen molar-refractivity contribution in [3.63, 3.8) is 0 Å². The van der Waals surface area contributed by atoms with Crippen LogP contribution in [0, 0.1) is 5.92 Å². The number of furan rings is 1. The molecule has 1 aromatic heterocycles. The summed E-state index contributed by atoms with van der Waals surface area (Å²) in [7, 11) is 0. The number of benzene rings is 1. The first-order valence-corrected chi connectivity index (χ1v) is 7.30. The molecule has 0 bridgehead atoms. The Balaban J connectivity index is 0.00000176. The molecule has 1 aromatic carbocycles. The lowest BCUT2D eigenvalue weighted by molar-refractivity contribution is -0.122. The Kier molecular flexibility index (Phi) is 5.45. The predicted octanol–water partition coefficient (Wildman–Crippen LogP) is 1.65. The van der Waals surface area contributed by atoms with Crippen molar-refractivity contribution in [2.45, 2.75) is 18.9 Å². The molecule has 120 valence electrons. The summed E-state index contributed by atoms with van der Waals surface area (Å²) in [6.45, 7) is 3.65. The van der Waals surface area contributed by atoms with Crippen LogP contribution in [0.3, 0.4) is 0 Å². The summed E-state index contributed by atoms with van der Waals surface area (Å²) in [6, 6.07) is 9.62. The first-order valence-electron chi connectivity index (χ1n) is 7.30. The van der Waals surface area contributed by atoms with Crippen LogP contribution in [0.25, 0.3) is 11.0 Å². The minimum absolute atomic E-state index is 0. The molecule has 0 aliphatic carbocycles. The van der Waals surface area contributed by atoms with Gasteiger partial charge in [0.05, 0.1) is 12.0 Å². The van der Waals surface area contributed by atoms with E-state index in [1.54, 1.807) is 0 Å². The van der Waals surface area contributed by atoms with E-state index in [4.69, 9.17) is 4.42 Å². The Labute approximate surface area is 135 Å². The molecule has 1 aliphatic heterocycles. The molecule has 3 rings (SSSR count). The molecule has 3 N–H and O–H groups in total. The van der Waals surface area contributed by atoms with Crippen LogP contribution in [0.4, 0.5) is 0 Å². The molecule has 1 saturated heterocycles. The van der Waals surface area contributed by atoms with E-state index >= 15 is 0 Å². The highest BCUT2D eigenvalue weighted by Gasteiger charge is 2.26. The van der Waals surface area contributed by atoms with Gasteiger partial charge in [-0.2, -0.15) is 0 Å². The third-order valence-corrected chi connectivity index (χ3v) is 4.11. The van der Waals surface area contributed by atoms with E-state index < -0.39 is 0 Å². The number of halogens is 1. The number of hydrogen-bond acceptors (Lipinski definition) is 4. The fraction of sp³-hybridized carbons (Fsp3) is 0.438. The maximum Gasteiger partial charge on any atom is 0.230 e. The van der Waals surface area contributed by atoms with Gasteiger partial charge in [-0.05, 0) is 19.1 Å². The maximum atomic E-state index is 12.2. The van der Waals surface area contributed by atoms with Crippen molar-refractivity contribution in [1.82, 2.24) is 10.6 Å². The molecule has 5 nitrogen and oxygen atoms in total. The van der Waals surface area contributed by atoms with Gasteiger partial charge in [-0.1, -0.05) is 18.2 Å². The van der Waals surface area contributed by atoms with E-state index in [0.29, 0.717) is 18.8 Å². The van der Waals surface area contributed by atoms with Crippen LogP contribution in [0.2, 0.25) is 0 Å². The first-order chi connectivity index (χ1) is 10.1. The molecule has 0 saturated carbocycles. The van der Waals surface area contributed by atoms with Crippen LogP contribution in [-0.2, 0) is 4.79 Å². The molecule has 6 heteroatoms. The van der Waals surface area contributed by atoms with Gasteiger partial charge in [0.15, 0.2) is 0 Å². The number of β-amino-alcohol motifs (C(OH)–C–C–N with tert-alkyl or cyclic N) is 1. The van der Waals surface area contributed by atoms with E-state index in [-0.39, 0.29) is 36.3 Å². The second-order valence-corrected chi connectivity index (χ2v) is 5.64. The fourth-order valence-electron chi connectivity index (χ4n) is 2.66. The summed E-state index contributed by atoms with van der Waals surface area (Å²) in [5, 5.41) is 16.7. The quantitative estimate of drug-likeness (QED) is 0.799. The van der Waals surface area contributed by atoms with Crippen molar-refractivity contribution in [2.24, 2.45) is 5.92 Å². The van der Waals surface area contributed by atoms with Crippen LogP contribution in [-0.4, -0.2) is 36.8 Å². The number of rotatable bonds is 4. The van der Waals surface area contributed by atoms with Crippen molar-refractivity contribution in [3.05, 3.63) is 36.1 Å². The van der Waals surface area contributed by atoms with Crippen molar-refractivity contribution in [3.8, 4) is 0 Å². The number of aliphatic hydroxyl groups excluding tert-OH is 1. The SMILES string of the molecule is CC(C(=O)NCC1CNCC1O)c1cc2ccccc2o1.Cl. The van der Waals surface area contributed by atoms with E-state index in [9.17, 15) is 9.90 Å². The molecule has 0 radical (unpaired) electrons. The lowest BCUT2D eigenvalue weighted by Gasteiger charge is -2.16. The van der Waals surface area contributed by atoms with E-state index in [1.807, 2.05) is 37.3 Å². The monoisotopic (exact) mass is 324 g/mol. The zero-order valence-corrected chi connectivity index (χ0v) is 13.2. The summed E-state index contributed by atoms with van der Waals surface area (Å²) in [5.41, 5.74) is 0.794. The number of hydrogen-bond donors (Lipinski definition) is 3. The molecule has 1 amide bonds. The highest BCUT2D eigenvalue weighted by atomic mass is 35.5. The number of fused-ring (bicyclic) bond motifs is 1. The predicted molar refractivity (Wildman–Crippen MR) is 87.3 cm³/mol. The molecule has 3 atom stereocenters. The van der Waals surface area contributed by atoms with Crippen LogP contribution in [0.1, 0.15) is 18.6 Å². The Morgan fingerprint density at radius 3 is 2.91 bits per heavy atom. The zero-order chi connectivity index (χ0) is 14.8. The second kappa shape index (κ2) is 7.13. The molecule has 2 heterocycles. The Bertz CT molecular complexity index is 610. The Hall–Kier alpha value is -1.56. The standard InChI is InChI=1S/C16H20N2O3.ClH/c1-10(15-6-11-4-2-3-5-14(11)21-15)16(20)18-8-12-7-17-9-13(12)19;/h2-6,10,12-13,17,19H,7-9H2,1H3,(H,18,20);1H. The van der Waals surface area contributed by atoms with Crippen molar-refractivity contribution >= 4 is 29.3 Å². The third-order valence-electron chi connectivity index (χ3n) is 4.11. The van der Waals surface area contributed by atoms with E-state index in [2.05, 4.69) is 10.6 Å². The Morgan fingerprint density at radius 2 is 2.23 bits per heavy atom. The number of carbonyl (C=O) groups is 1. The van der Waals surface area contributed by atoms with Crippen molar-refractivity contribution in [1.29, 1.82) is 0 Å². The highest BCUT2D eigenvalue weighted by Crippen LogP contribution is 2.25. The van der Waals surface area contributed by atoms with Crippen LogP contribution in [0.15, 0.2) is 34.7 Å². The summed E-state index contributed by atoms with van der Waals surface area (Å²) < 4.78 is 5.72. The molecule has 2 aromatic rings. The lowest BCUT2D eigenvalue weighted by atomic mass is 10.0. The molecular formula is C16H21ClN2O3. The summed E-state index contributed by atoms with van der Waals surface area (Å²) in [4.78, 5) is 12.2. The highest BCUT2D eigenvalue weighted by molar-refractivity contribution is 5.85. The van der Waals surface area contributed by atoms with Crippen LogP contribution in [0.5, 0.6) is 0 Å². The van der Waals surface area contributed by atoms with Crippen molar-refractivity contribution < 1.29 is 14.3 Å². The largest absolute Gasteiger partial charge is 0.460 e. The van der Waals surface area contributed by atoms with Gasteiger partial charge in [0, 0.05) is 30.9 Å². The van der Waals surface area contributed by atoms with Gasteiger partial charge >= 0.3 is 0 Å². The van der Waals surface area contributed by atoms with Crippen LogP contribution < -0.4 is 10.6 Å². The zero-order valence-electron chi connectivity index (χ0n) is 12.4. The minimum Gasteiger partial charge on any atom is -0.460 e. The maximum absolute atomic E-state index is 12.2. The van der Waals surface area contributed by atoms with Gasteiger partial charge in [-0.3, -0.25) is 4.79 Å². The van der Waals surface area contributed by atoms with Gasteiger partial charge in [-0.15, -0.1) is 12.4 Å². The molecule has 0 spiro atoms. The van der Waals surface area contributed by atoms with Crippen LogP contribution >= 0.6 is 12.4 Å². The summed E-state index contributed by atoms with van der Waals surface area (Å²) in [5.74, 6) is 0.327. The van der Waals surface area contributed by atoms with Gasteiger partial charge < -0.3 is 20.2 Å². The number of aliphatic hydroxyl groups is 1. The van der Waals surface area contributed by atoms with Crippen molar-refractivity contribution in [2.75, 3.05) is 19.6 Å². The topological polar surface area (TPSA) is 74.5 Å².